The van der Waals surface area contributed by atoms with Crippen molar-refractivity contribution >= 4 is 5.91 Å². The smallest absolute Gasteiger partial charge is 0.243 e. The van der Waals surface area contributed by atoms with Gasteiger partial charge in [-0.05, 0) is 31.4 Å². The summed E-state index contributed by atoms with van der Waals surface area (Å²) in [4.78, 5) is 13.4. The van der Waals surface area contributed by atoms with Gasteiger partial charge in [0.25, 0.3) is 0 Å². The molecule has 4 nitrogen and oxygen atoms in total. The van der Waals surface area contributed by atoms with Crippen LogP contribution in [0.25, 0.3) is 0 Å². The second-order valence-corrected chi connectivity index (χ2v) is 4.71. The molecule has 4 heteroatoms. The quantitative estimate of drug-likeness (QED) is 0.620. The summed E-state index contributed by atoms with van der Waals surface area (Å²) in [5, 5.41) is 2.86. The molecule has 0 radical (unpaired) electrons. The number of rotatable bonds is 3. The molecular weight excluding hydrogens is 190 g/mol. The van der Waals surface area contributed by atoms with Gasteiger partial charge in [-0.2, -0.15) is 0 Å². The van der Waals surface area contributed by atoms with Crippen molar-refractivity contribution in [3.05, 3.63) is 12.7 Å². The first-order valence-corrected chi connectivity index (χ1v) is 5.49. The number of hydrogen-bond donors (Lipinski definition) is 2. The summed E-state index contributed by atoms with van der Waals surface area (Å²) in [6, 6.07) is 0.737. The number of likely N-dealkylation sites (tertiary alicyclic amines) is 1. The molecule has 15 heavy (non-hydrogen) atoms. The first-order chi connectivity index (χ1) is 7.13. The minimum atomic E-state index is -0.0889. The monoisotopic (exact) mass is 209 g/mol. The van der Waals surface area contributed by atoms with Gasteiger partial charge in [-0.25, -0.2) is 0 Å². The molecule has 1 heterocycles. The van der Waals surface area contributed by atoms with Gasteiger partial charge in [0.2, 0.25) is 5.91 Å². The summed E-state index contributed by atoms with van der Waals surface area (Å²) in [6.07, 6.45) is 2.46. The molecule has 0 aromatic heterocycles. The van der Waals surface area contributed by atoms with Crippen molar-refractivity contribution in [2.45, 2.75) is 18.5 Å². The number of carbonyl (C=O) groups excluding carboxylic acids is 1. The minimum Gasteiger partial charge on any atom is -0.352 e. The number of piperidine rings is 1. The molecule has 1 saturated carbocycles. The number of nitrogens with two attached hydrogens (primary N) is 1. The molecule has 0 aromatic rings. The van der Waals surface area contributed by atoms with Crippen LogP contribution < -0.4 is 11.1 Å². The summed E-state index contributed by atoms with van der Waals surface area (Å²) in [5.41, 5.74) is 6.13. The average molecular weight is 209 g/mol. The molecule has 0 unspecified atom stereocenters. The largest absolute Gasteiger partial charge is 0.352 e. The van der Waals surface area contributed by atoms with E-state index >= 15 is 0 Å². The van der Waals surface area contributed by atoms with E-state index in [0.717, 1.165) is 19.5 Å². The summed E-state index contributed by atoms with van der Waals surface area (Å²) < 4.78 is 0. The fourth-order valence-corrected chi connectivity index (χ4v) is 3.13. The van der Waals surface area contributed by atoms with E-state index in [4.69, 9.17) is 5.73 Å². The Morgan fingerprint density at radius 3 is 3.00 bits per heavy atom. The maximum Gasteiger partial charge on any atom is 0.243 e. The summed E-state index contributed by atoms with van der Waals surface area (Å²) >= 11 is 0. The molecule has 2 bridgehead atoms. The number of fused-ring (bicyclic) bond motifs is 2. The lowest BCUT2D eigenvalue weighted by Crippen LogP contribution is -2.44. The van der Waals surface area contributed by atoms with Gasteiger partial charge in [0.05, 0.1) is 0 Å². The van der Waals surface area contributed by atoms with Gasteiger partial charge in [0.1, 0.15) is 0 Å². The van der Waals surface area contributed by atoms with E-state index < -0.39 is 0 Å². The molecule has 3 N–H and O–H groups in total. The third-order valence-electron chi connectivity index (χ3n) is 3.78. The second kappa shape index (κ2) is 3.94. The number of carbonyl (C=O) groups is 1. The van der Waals surface area contributed by atoms with Crippen molar-refractivity contribution in [1.82, 2.24) is 10.2 Å². The zero-order valence-corrected chi connectivity index (χ0v) is 9.15. The van der Waals surface area contributed by atoms with Crippen LogP contribution in [-0.2, 0) is 4.79 Å². The van der Waals surface area contributed by atoms with Gasteiger partial charge in [-0.3, -0.25) is 4.79 Å². The molecule has 1 saturated heterocycles. The number of likely N-dealkylation sites (N-methyl/N-ethyl adjacent to an activating group) is 1. The van der Waals surface area contributed by atoms with E-state index in [1.165, 1.54) is 6.08 Å². The Morgan fingerprint density at radius 1 is 1.73 bits per heavy atom. The normalized spacial score (nSPS) is 39.3. The van der Waals surface area contributed by atoms with E-state index in [1.807, 2.05) is 0 Å². The molecule has 1 aliphatic carbocycles. The third kappa shape index (κ3) is 1.79. The predicted molar refractivity (Wildman–Crippen MR) is 59.2 cm³/mol. The lowest BCUT2D eigenvalue weighted by Gasteiger charge is -2.30. The molecule has 2 aliphatic rings. The highest BCUT2D eigenvalue weighted by Gasteiger charge is 2.49. The van der Waals surface area contributed by atoms with Crippen LogP contribution in [0.2, 0.25) is 0 Å². The van der Waals surface area contributed by atoms with Crippen molar-refractivity contribution in [3.63, 3.8) is 0 Å². The molecule has 0 spiro atoms. The van der Waals surface area contributed by atoms with Gasteiger partial charge in [-0.15, -0.1) is 0 Å². The lowest BCUT2D eigenvalue weighted by atomic mass is 9.98. The van der Waals surface area contributed by atoms with Crippen LogP contribution in [0.1, 0.15) is 6.42 Å². The van der Waals surface area contributed by atoms with Crippen LogP contribution in [0.4, 0.5) is 0 Å². The zero-order valence-electron chi connectivity index (χ0n) is 9.15. The SMILES string of the molecule is C=CC(=O)NC[C@H]1C[C@@H]2CN(C)[C@H]1[C@@H]2N. The second-order valence-electron chi connectivity index (χ2n) is 4.71. The predicted octanol–water partition coefficient (Wildman–Crippen LogP) is -0.434. The first kappa shape index (κ1) is 10.6. The number of nitrogens with zero attached hydrogens (tertiary/aromatic N) is 1. The van der Waals surface area contributed by atoms with Crippen molar-refractivity contribution < 1.29 is 4.79 Å². The molecule has 4 atom stereocenters. The minimum absolute atomic E-state index is 0.0889. The zero-order chi connectivity index (χ0) is 11.0. The Morgan fingerprint density at radius 2 is 2.47 bits per heavy atom. The van der Waals surface area contributed by atoms with Gasteiger partial charge >= 0.3 is 0 Å². The number of amides is 1. The highest BCUT2D eigenvalue weighted by atomic mass is 16.1. The fraction of sp³-hybridized carbons (Fsp3) is 0.727. The molecule has 1 amide bonds. The number of hydrogen-bond acceptors (Lipinski definition) is 3. The highest BCUT2D eigenvalue weighted by Crippen LogP contribution is 2.39. The Kier molecular flexibility index (Phi) is 2.80. The van der Waals surface area contributed by atoms with E-state index in [0.29, 0.717) is 23.9 Å². The van der Waals surface area contributed by atoms with E-state index in [2.05, 4.69) is 23.8 Å². The fourth-order valence-electron chi connectivity index (χ4n) is 3.13. The summed E-state index contributed by atoms with van der Waals surface area (Å²) in [5.74, 6) is 1.03. The Labute approximate surface area is 90.5 Å². The van der Waals surface area contributed by atoms with Crippen LogP contribution in [0, 0.1) is 11.8 Å². The number of nitrogens with one attached hydrogen (secondary N) is 1. The Balaban J connectivity index is 1.90. The average Bonchev–Trinajstić information content (AvgIpc) is 2.66. The van der Waals surface area contributed by atoms with Crippen molar-refractivity contribution in [2.75, 3.05) is 20.1 Å². The Bertz CT molecular complexity index is 279. The van der Waals surface area contributed by atoms with Gasteiger partial charge in [0, 0.05) is 25.2 Å². The maximum atomic E-state index is 11.1. The molecular formula is C11H19N3O. The van der Waals surface area contributed by atoms with Crippen LogP contribution in [0.15, 0.2) is 12.7 Å². The van der Waals surface area contributed by atoms with Crippen LogP contribution >= 0.6 is 0 Å². The van der Waals surface area contributed by atoms with Gasteiger partial charge in [0.15, 0.2) is 0 Å². The van der Waals surface area contributed by atoms with Crippen molar-refractivity contribution in [2.24, 2.45) is 17.6 Å². The standard InChI is InChI=1S/C11H19N3O/c1-3-9(15)13-5-7-4-8-6-14(2)11(7)10(8)12/h3,7-8,10-11H,1,4-6,12H2,2H3,(H,13,15)/t7-,8-,10-,11-/m1/s1. The third-order valence-corrected chi connectivity index (χ3v) is 3.78. The van der Waals surface area contributed by atoms with Crippen LogP contribution in [0.3, 0.4) is 0 Å². The van der Waals surface area contributed by atoms with Crippen LogP contribution in [0.5, 0.6) is 0 Å². The molecule has 0 aromatic carbocycles. The van der Waals surface area contributed by atoms with Crippen molar-refractivity contribution in [1.29, 1.82) is 0 Å². The van der Waals surface area contributed by atoms with Crippen molar-refractivity contribution in [3.8, 4) is 0 Å². The summed E-state index contributed by atoms with van der Waals surface area (Å²) in [6.45, 7) is 5.27. The van der Waals surface area contributed by atoms with E-state index in [9.17, 15) is 4.79 Å². The maximum absolute atomic E-state index is 11.1. The summed E-state index contributed by atoms with van der Waals surface area (Å²) in [7, 11) is 2.12. The van der Waals surface area contributed by atoms with Gasteiger partial charge in [-0.1, -0.05) is 6.58 Å². The van der Waals surface area contributed by atoms with Crippen LogP contribution in [-0.4, -0.2) is 43.0 Å². The topological polar surface area (TPSA) is 58.4 Å². The van der Waals surface area contributed by atoms with Gasteiger partial charge < -0.3 is 16.0 Å². The first-order valence-electron chi connectivity index (χ1n) is 5.49. The molecule has 84 valence electrons. The molecule has 2 fully saturated rings. The van der Waals surface area contributed by atoms with E-state index in [1.54, 1.807) is 0 Å². The Hall–Kier alpha value is -0.870. The highest BCUT2D eigenvalue weighted by molar-refractivity contribution is 5.86. The lowest BCUT2D eigenvalue weighted by molar-refractivity contribution is -0.116. The van der Waals surface area contributed by atoms with E-state index in [-0.39, 0.29) is 5.91 Å². The molecule has 2 rings (SSSR count). The molecule has 1 aliphatic heterocycles.